The van der Waals surface area contributed by atoms with Crippen LogP contribution in [0.5, 0.6) is 17.2 Å². The van der Waals surface area contributed by atoms with Gasteiger partial charge < -0.3 is 9.47 Å². The Morgan fingerprint density at radius 2 is 1.57 bits per heavy atom. The van der Waals surface area contributed by atoms with Crippen molar-refractivity contribution in [3.05, 3.63) is 63.9 Å². The van der Waals surface area contributed by atoms with E-state index in [1.807, 2.05) is 6.07 Å². The number of rotatable bonds is 4. The third-order valence-corrected chi connectivity index (χ3v) is 4.35. The van der Waals surface area contributed by atoms with Crippen LogP contribution in [0.15, 0.2) is 42.5 Å². The molecule has 3 aromatic carbocycles. The van der Waals surface area contributed by atoms with Crippen molar-refractivity contribution < 1.29 is 27.0 Å². The lowest BCUT2D eigenvalue weighted by Crippen LogP contribution is -2.09. The molecule has 0 N–H and O–H groups in total. The highest BCUT2D eigenvalue weighted by Gasteiger charge is 2.37. The van der Waals surface area contributed by atoms with E-state index < -0.39 is 33.4 Å². The van der Waals surface area contributed by atoms with E-state index in [-0.39, 0.29) is 12.4 Å². The molecule has 28 heavy (non-hydrogen) atoms. The van der Waals surface area contributed by atoms with Crippen molar-refractivity contribution >= 4 is 34.0 Å². The zero-order valence-corrected chi connectivity index (χ0v) is 15.3. The molecule has 0 aromatic heterocycles. The molecule has 0 saturated carbocycles. The van der Waals surface area contributed by atoms with Gasteiger partial charge in [0.2, 0.25) is 0 Å². The first-order valence-electron chi connectivity index (χ1n) is 7.67. The predicted octanol–water partition coefficient (Wildman–Crippen LogP) is 7.00. The first-order valence-corrected chi connectivity index (χ1v) is 8.42. The summed E-state index contributed by atoms with van der Waals surface area (Å²) in [4.78, 5) is 0. The van der Waals surface area contributed by atoms with E-state index in [1.54, 1.807) is 30.3 Å². The summed E-state index contributed by atoms with van der Waals surface area (Å²) in [5, 5.41) is 8.68. The fourth-order valence-corrected chi connectivity index (χ4v) is 3.00. The zero-order chi connectivity index (χ0) is 20.5. The minimum Gasteiger partial charge on any atom is -0.479 e. The maximum atomic E-state index is 14.0. The first kappa shape index (κ1) is 20.1. The Morgan fingerprint density at radius 3 is 2.18 bits per heavy atom. The van der Waals surface area contributed by atoms with Crippen LogP contribution >= 0.6 is 23.2 Å². The van der Waals surface area contributed by atoms with Crippen LogP contribution in [-0.2, 0) is 6.18 Å². The Morgan fingerprint density at radius 1 is 0.964 bits per heavy atom. The molecular formula is C19H9Cl2F4NO2. The fraction of sp³-hybridized carbons (Fsp3) is 0.105. The van der Waals surface area contributed by atoms with E-state index in [4.69, 9.17) is 37.9 Å². The van der Waals surface area contributed by atoms with Crippen molar-refractivity contribution in [2.75, 3.05) is 6.61 Å². The molecule has 0 aliphatic heterocycles. The van der Waals surface area contributed by atoms with Gasteiger partial charge >= 0.3 is 6.18 Å². The first-order chi connectivity index (χ1) is 13.2. The van der Waals surface area contributed by atoms with Crippen molar-refractivity contribution in [3.63, 3.8) is 0 Å². The van der Waals surface area contributed by atoms with Gasteiger partial charge in [-0.25, -0.2) is 4.39 Å². The van der Waals surface area contributed by atoms with Crippen LogP contribution in [0.1, 0.15) is 5.56 Å². The SMILES string of the molecule is N#CCOc1ccc2cc(Oc3c(Cl)cc(C(F)(F)F)c(F)c3Cl)ccc2c1. The Kier molecular flexibility index (Phi) is 5.54. The van der Waals surface area contributed by atoms with Crippen molar-refractivity contribution in [1.29, 1.82) is 5.26 Å². The molecule has 3 aromatic rings. The molecule has 0 radical (unpaired) electrons. The fourth-order valence-electron chi connectivity index (χ4n) is 2.47. The molecule has 0 aliphatic rings. The van der Waals surface area contributed by atoms with E-state index in [9.17, 15) is 17.6 Å². The van der Waals surface area contributed by atoms with E-state index in [2.05, 4.69) is 0 Å². The number of fused-ring (bicyclic) bond motifs is 1. The Bertz CT molecular complexity index is 1090. The van der Waals surface area contributed by atoms with Crippen LogP contribution in [0.3, 0.4) is 0 Å². The monoisotopic (exact) mass is 429 g/mol. The summed E-state index contributed by atoms with van der Waals surface area (Å²) >= 11 is 11.6. The van der Waals surface area contributed by atoms with Gasteiger partial charge in [0.1, 0.15) is 22.6 Å². The van der Waals surface area contributed by atoms with Gasteiger partial charge in [0.15, 0.2) is 18.2 Å². The van der Waals surface area contributed by atoms with Gasteiger partial charge in [-0.3, -0.25) is 0 Å². The Hall–Kier alpha value is -2.69. The molecule has 9 heteroatoms. The number of alkyl halides is 3. The van der Waals surface area contributed by atoms with E-state index in [0.29, 0.717) is 17.2 Å². The van der Waals surface area contributed by atoms with E-state index >= 15 is 0 Å². The average Bonchev–Trinajstić information content (AvgIpc) is 2.65. The summed E-state index contributed by atoms with van der Waals surface area (Å²) in [5.74, 6) is -1.38. The molecule has 0 amide bonds. The van der Waals surface area contributed by atoms with Crippen LogP contribution in [0.25, 0.3) is 10.8 Å². The van der Waals surface area contributed by atoms with Crippen LogP contribution in [0.4, 0.5) is 17.6 Å². The van der Waals surface area contributed by atoms with Crippen LogP contribution in [0, 0.1) is 17.1 Å². The predicted molar refractivity (Wildman–Crippen MR) is 96.6 cm³/mol. The molecule has 0 unspecified atom stereocenters. The summed E-state index contributed by atoms with van der Waals surface area (Å²) in [7, 11) is 0. The summed E-state index contributed by atoms with van der Waals surface area (Å²) in [5.41, 5.74) is -1.57. The second kappa shape index (κ2) is 7.74. The van der Waals surface area contributed by atoms with Gasteiger partial charge in [-0.1, -0.05) is 35.3 Å². The van der Waals surface area contributed by atoms with Gasteiger partial charge in [-0.05, 0) is 41.1 Å². The standard InChI is InChI=1S/C19H9Cl2F4NO2/c20-15-9-14(19(23,24)25)17(22)16(21)18(15)28-13-4-2-10-7-12(27-6-5-26)3-1-11(10)8-13/h1-4,7-9H,6H2. The Balaban J connectivity index is 1.94. The molecule has 3 nitrogen and oxygen atoms in total. The highest BCUT2D eigenvalue weighted by atomic mass is 35.5. The zero-order valence-electron chi connectivity index (χ0n) is 13.8. The topological polar surface area (TPSA) is 42.2 Å². The minimum atomic E-state index is -4.94. The molecule has 0 heterocycles. The normalized spacial score (nSPS) is 11.3. The highest BCUT2D eigenvalue weighted by Crippen LogP contribution is 2.44. The minimum absolute atomic E-state index is 0.0941. The Labute approximate surface area is 166 Å². The van der Waals surface area contributed by atoms with Gasteiger partial charge in [-0.15, -0.1) is 0 Å². The van der Waals surface area contributed by atoms with E-state index in [0.717, 1.165) is 5.39 Å². The maximum absolute atomic E-state index is 14.0. The van der Waals surface area contributed by atoms with E-state index in [1.165, 1.54) is 6.07 Å². The summed E-state index contributed by atoms with van der Waals surface area (Å²) in [6.07, 6.45) is -4.94. The third kappa shape index (κ3) is 4.08. The number of hydrogen-bond acceptors (Lipinski definition) is 3. The molecule has 0 aliphatic carbocycles. The van der Waals surface area contributed by atoms with Gasteiger partial charge in [0.25, 0.3) is 0 Å². The van der Waals surface area contributed by atoms with Crippen LogP contribution < -0.4 is 9.47 Å². The van der Waals surface area contributed by atoms with Gasteiger partial charge in [0.05, 0.1) is 10.6 Å². The van der Waals surface area contributed by atoms with Crippen molar-refractivity contribution in [1.82, 2.24) is 0 Å². The molecule has 3 rings (SSSR count). The number of benzene rings is 3. The molecular weight excluding hydrogens is 421 g/mol. The summed E-state index contributed by atoms with van der Waals surface area (Å²) in [6.45, 7) is -0.0941. The van der Waals surface area contributed by atoms with Gasteiger partial charge in [-0.2, -0.15) is 18.4 Å². The molecule has 0 saturated heterocycles. The molecule has 0 spiro atoms. The average molecular weight is 430 g/mol. The second-order valence-electron chi connectivity index (χ2n) is 5.58. The molecule has 0 bridgehead atoms. The molecule has 144 valence electrons. The molecule has 0 atom stereocenters. The van der Waals surface area contributed by atoms with Gasteiger partial charge in [0, 0.05) is 0 Å². The molecule has 0 fully saturated rings. The lowest BCUT2D eigenvalue weighted by Gasteiger charge is -2.15. The number of halogens is 6. The number of ether oxygens (including phenoxy) is 2. The number of hydrogen-bond donors (Lipinski definition) is 0. The van der Waals surface area contributed by atoms with Crippen molar-refractivity contribution in [2.24, 2.45) is 0 Å². The smallest absolute Gasteiger partial charge is 0.419 e. The lowest BCUT2D eigenvalue weighted by molar-refractivity contribution is -0.140. The third-order valence-electron chi connectivity index (χ3n) is 3.73. The summed E-state index contributed by atoms with van der Waals surface area (Å²) < 4.78 is 63.1. The van der Waals surface area contributed by atoms with Crippen LogP contribution in [-0.4, -0.2) is 6.61 Å². The number of nitrogens with zero attached hydrogens (tertiary/aromatic N) is 1. The second-order valence-corrected chi connectivity index (χ2v) is 6.37. The lowest BCUT2D eigenvalue weighted by atomic mass is 10.1. The number of nitriles is 1. The van der Waals surface area contributed by atoms with Crippen LogP contribution in [0.2, 0.25) is 10.0 Å². The maximum Gasteiger partial charge on any atom is 0.419 e. The van der Waals surface area contributed by atoms with Crippen molar-refractivity contribution in [3.8, 4) is 23.3 Å². The highest BCUT2D eigenvalue weighted by molar-refractivity contribution is 6.37. The largest absolute Gasteiger partial charge is 0.479 e. The summed E-state index contributed by atoms with van der Waals surface area (Å²) in [6, 6.07) is 12.1. The quantitative estimate of drug-likeness (QED) is 0.331. The van der Waals surface area contributed by atoms with Crippen molar-refractivity contribution in [2.45, 2.75) is 6.18 Å².